The van der Waals surface area contributed by atoms with Crippen molar-refractivity contribution in [1.82, 2.24) is 5.32 Å². The first-order valence-electron chi connectivity index (χ1n) is 13.3. The largest absolute Gasteiger partial charge is 0.489 e. The maximum Gasteiger partial charge on any atom is 0.255 e. The summed E-state index contributed by atoms with van der Waals surface area (Å²) in [6.07, 6.45) is 6.35. The minimum absolute atomic E-state index is 0.110. The molecule has 2 aromatic heterocycles. The molecule has 1 amide bonds. The normalized spacial score (nSPS) is 15.3. The third kappa shape index (κ3) is 6.80. The third-order valence-electron chi connectivity index (χ3n) is 7.30. The predicted molar refractivity (Wildman–Crippen MR) is 164 cm³/mol. The van der Waals surface area contributed by atoms with Crippen molar-refractivity contribution in [2.45, 2.75) is 53.2 Å². The zero-order valence-electron chi connectivity index (χ0n) is 22.8. The van der Waals surface area contributed by atoms with Crippen molar-refractivity contribution in [2.24, 2.45) is 16.3 Å². The molecule has 1 aliphatic rings. The second-order valence-electron chi connectivity index (χ2n) is 11.1. The molecule has 1 atom stereocenters. The maximum absolute atomic E-state index is 13.4. The van der Waals surface area contributed by atoms with E-state index in [2.05, 4.69) is 26.1 Å². The molecule has 2 heterocycles. The summed E-state index contributed by atoms with van der Waals surface area (Å²) in [5.74, 6) is 1.92. The molecule has 0 aliphatic heterocycles. The van der Waals surface area contributed by atoms with Crippen LogP contribution < -0.4 is 10.1 Å². The molecule has 0 spiro atoms. The standard InChI is InChI=1S/C32H32Cl2N2O3S/c1-32(2,3)22-9-12-25-28(16-22)40-31(29(25)30(37)35-18-24-5-4-14-38-24)36-17-20-6-10-23(11-7-20)39-19-21-8-13-26(33)27(34)15-21/h4-8,10-11,13-15,17,22H,9,12,16,18-19H2,1-3H3,(H,35,37)/t22-/m0/s1. The smallest absolute Gasteiger partial charge is 0.255 e. The topological polar surface area (TPSA) is 63.8 Å². The van der Waals surface area contributed by atoms with Crippen molar-refractivity contribution < 1.29 is 13.9 Å². The quantitative estimate of drug-likeness (QED) is 0.207. The number of rotatable bonds is 8. The van der Waals surface area contributed by atoms with Gasteiger partial charge in [-0.25, -0.2) is 4.99 Å². The molecule has 208 valence electrons. The predicted octanol–water partition coefficient (Wildman–Crippen LogP) is 9.06. The number of thiophene rings is 1. The first-order chi connectivity index (χ1) is 19.2. The van der Waals surface area contributed by atoms with E-state index < -0.39 is 0 Å². The van der Waals surface area contributed by atoms with Crippen LogP contribution >= 0.6 is 34.5 Å². The number of aliphatic imine (C=N–C) groups is 1. The molecular weight excluding hydrogens is 563 g/mol. The number of amides is 1. The van der Waals surface area contributed by atoms with Crippen molar-refractivity contribution in [3.05, 3.63) is 104 Å². The Labute approximate surface area is 249 Å². The van der Waals surface area contributed by atoms with Crippen molar-refractivity contribution in [3.63, 3.8) is 0 Å². The molecule has 8 heteroatoms. The number of ether oxygens (including phenoxy) is 1. The molecule has 1 aliphatic carbocycles. The molecule has 0 fully saturated rings. The summed E-state index contributed by atoms with van der Waals surface area (Å²) in [4.78, 5) is 19.5. The van der Waals surface area contributed by atoms with Gasteiger partial charge in [-0.15, -0.1) is 11.3 Å². The van der Waals surface area contributed by atoms with Gasteiger partial charge in [-0.2, -0.15) is 0 Å². The average Bonchev–Trinajstić information content (AvgIpc) is 3.58. The molecule has 0 radical (unpaired) electrons. The van der Waals surface area contributed by atoms with Gasteiger partial charge in [-0.3, -0.25) is 4.79 Å². The van der Waals surface area contributed by atoms with Crippen molar-refractivity contribution in [2.75, 3.05) is 0 Å². The fourth-order valence-electron chi connectivity index (χ4n) is 4.88. The van der Waals surface area contributed by atoms with E-state index in [1.54, 1.807) is 29.7 Å². The van der Waals surface area contributed by atoms with Gasteiger partial charge in [-0.05, 0) is 95.8 Å². The second kappa shape index (κ2) is 12.2. The minimum atomic E-state index is -0.110. The number of carbonyl (C=O) groups is 1. The lowest BCUT2D eigenvalue weighted by Crippen LogP contribution is -2.28. The summed E-state index contributed by atoms with van der Waals surface area (Å²) in [6, 6.07) is 16.8. The number of halogens is 2. The molecule has 2 aromatic carbocycles. The van der Waals surface area contributed by atoms with Crippen molar-refractivity contribution in [3.8, 4) is 5.75 Å². The van der Waals surface area contributed by atoms with Gasteiger partial charge in [0.1, 0.15) is 23.1 Å². The van der Waals surface area contributed by atoms with E-state index in [0.29, 0.717) is 34.7 Å². The minimum Gasteiger partial charge on any atom is -0.489 e. The number of hydrogen-bond acceptors (Lipinski definition) is 5. The molecular formula is C32H32Cl2N2O3S. The lowest BCUT2D eigenvalue weighted by Gasteiger charge is -2.33. The molecule has 0 unspecified atom stereocenters. The summed E-state index contributed by atoms with van der Waals surface area (Å²) in [5, 5.41) is 4.80. The summed E-state index contributed by atoms with van der Waals surface area (Å²) < 4.78 is 11.3. The Balaban J connectivity index is 1.32. The molecule has 1 N–H and O–H groups in total. The molecule has 5 nitrogen and oxygen atoms in total. The Kier molecular flexibility index (Phi) is 8.69. The van der Waals surface area contributed by atoms with Crippen LogP contribution in [0.5, 0.6) is 5.75 Å². The summed E-state index contributed by atoms with van der Waals surface area (Å²) in [5.41, 5.74) is 3.91. The lowest BCUT2D eigenvalue weighted by atomic mass is 9.72. The average molecular weight is 596 g/mol. The third-order valence-corrected chi connectivity index (χ3v) is 9.20. The number of nitrogens with one attached hydrogen (secondary N) is 1. The van der Waals surface area contributed by atoms with Gasteiger partial charge in [0.2, 0.25) is 0 Å². The van der Waals surface area contributed by atoms with Gasteiger partial charge in [0.25, 0.3) is 5.91 Å². The Morgan fingerprint density at radius 2 is 1.95 bits per heavy atom. The summed E-state index contributed by atoms with van der Waals surface area (Å²) in [6.45, 7) is 7.61. The number of benzene rings is 2. The van der Waals surface area contributed by atoms with Crippen LogP contribution in [-0.4, -0.2) is 12.1 Å². The number of hydrogen-bond donors (Lipinski definition) is 1. The van der Waals surface area contributed by atoms with Gasteiger partial charge in [-0.1, -0.05) is 50.0 Å². The monoisotopic (exact) mass is 594 g/mol. The van der Waals surface area contributed by atoms with E-state index >= 15 is 0 Å². The summed E-state index contributed by atoms with van der Waals surface area (Å²) >= 11 is 13.7. The first kappa shape index (κ1) is 28.5. The van der Waals surface area contributed by atoms with Crippen LogP contribution in [0.15, 0.2) is 70.3 Å². The van der Waals surface area contributed by atoms with E-state index in [-0.39, 0.29) is 11.3 Å². The van der Waals surface area contributed by atoms with E-state index in [1.165, 1.54) is 4.88 Å². The van der Waals surface area contributed by atoms with Gasteiger partial charge < -0.3 is 14.5 Å². The Hall–Kier alpha value is -3.06. The highest BCUT2D eigenvalue weighted by Crippen LogP contribution is 2.45. The number of carbonyl (C=O) groups excluding carboxylic acids is 1. The zero-order chi connectivity index (χ0) is 28.3. The Morgan fingerprint density at radius 3 is 2.65 bits per heavy atom. The van der Waals surface area contributed by atoms with Gasteiger partial charge in [0.05, 0.1) is 28.4 Å². The van der Waals surface area contributed by atoms with Crippen LogP contribution in [-0.2, 0) is 26.0 Å². The van der Waals surface area contributed by atoms with Crippen LogP contribution in [0.3, 0.4) is 0 Å². The maximum atomic E-state index is 13.4. The van der Waals surface area contributed by atoms with Crippen LogP contribution in [0.25, 0.3) is 0 Å². The van der Waals surface area contributed by atoms with E-state index in [1.807, 2.05) is 48.7 Å². The molecule has 0 saturated heterocycles. The van der Waals surface area contributed by atoms with Gasteiger partial charge in [0.15, 0.2) is 0 Å². The Bertz CT molecular complexity index is 1500. The van der Waals surface area contributed by atoms with Crippen LogP contribution in [0, 0.1) is 11.3 Å². The number of fused-ring (bicyclic) bond motifs is 1. The zero-order valence-corrected chi connectivity index (χ0v) is 25.1. The first-order valence-corrected chi connectivity index (χ1v) is 14.9. The fraction of sp³-hybridized carbons (Fsp3) is 0.312. The van der Waals surface area contributed by atoms with E-state index in [9.17, 15) is 4.79 Å². The van der Waals surface area contributed by atoms with Crippen molar-refractivity contribution >= 4 is 51.7 Å². The Morgan fingerprint density at radius 1 is 1.15 bits per heavy atom. The van der Waals surface area contributed by atoms with Crippen LogP contribution in [0.1, 0.15) is 64.9 Å². The molecule has 0 saturated carbocycles. The SMILES string of the molecule is CC(C)(C)[C@H]1CCc2c(sc(N=Cc3ccc(OCc4ccc(Cl)c(Cl)c4)cc3)c2C(=O)NCc2ccco2)C1. The highest BCUT2D eigenvalue weighted by molar-refractivity contribution is 7.16. The summed E-state index contributed by atoms with van der Waals surface area (Å²) in [7, 11) is 0. The number of nitrogens with zero attached hydrogens (tertiary/aromatic N) is 1. The van der Waals surface area contributed by atoms with Crippen LogP contribution in [0.4, 0.5) is 5.00 Å². The van der Waals surface area contributed by atoms with E-state index in [0.717, 1.165) is 52.5 Å². The highest BCUT2D eigenvalue weighted by atomic mass is 35.5. The van der Waals surface area contributed by atoms with E-state index in [4.69, 9.17) is 37.3 Å². The van der Waals surface area contributed by atoms with Gasteiger partial charge in [0, 0.05) is 11.1 Å². The number of furan rings is 1. The highest BCUT2D eigenvalue weighted by Gasteiger charge is 2.33. The molecule has 40 heavy (non-hydrogen) atoms. The lowest BCUT2D eigenvalue weighted by molar-refractivity contribution is 0.0947. The van der Waals surface area contributed by atoms with Crippen molar-refractivity contribution in [1.29, 1.82) is 0 Å². The molecule has 4 aromatic rings. The van der Waals surface area contributed by atoms with Crippen LogP contribution in [0.2, 0.25) is 10.0 Å². The molecule has 5 rings (SSSR count). The molecule has 0 bridgehead atoms. The van der Waals surface area contributed by atoms with Gasteiger partial charge >= 0.3 is 0 Å². The second-order valence-corrected chi connectivity index (χ2v) is 13.0. The fourth-order valence-corrected chi connectivity index (χ4v) is 6.47.